The SMILES string of the molecule is Cc1noc(-c2ccc(C(C)C)cc2)c1CC(=O)O. The van der Waals surface area contributed by atoms with Crippen LogP contribution in [0, 0.1) is 6.92 Å². The van der Waals surface area contributed by atoms with E-state index in [4.69, 9.17) is 9.63 Å². The van der Waals surface area contributed by atoms with E-state index in [9.17, 15) is 4.79 Å². The lowest BCUT2D eigenvalue weighted by molar-refractivity contribution is -0.136. The van der Waals surface area contributed by atoms with Gasteiger partial charge in [0.15, 0.2) is 5.76 Å². The molecule has 100 valence electrons. The van der Waals surface area contributed by atoms with Crippen LogP contribution in [0.15, 0.2) is 28.8 Å². The molecule has 4 nitrogen and oxygen atoms in total. The molecule has 0 bridgehead atoms. The Bertz CT molecular complexity index is 582. The summed E-state index contributed by atoms with van der Waals surface area (Å²) in [7, 11) is 0. The van der Waals surface area contributed by atoms with E-state index in [0.717, 1.165) is 5.56 Å². The van der Waals surface area contributed by atoms with Crippen molar-refractivity contribution in [1.82, 2.24) is 5.16 Å². The Morgan fingerprint density at radius 2 is 1.95 bits per heavy atom. The van der Waals surface area contributed by atoms with E-state index < -0.39 is 5.97 Å². The molecule has 0 spiro atoms. The molecule has 1 N–H and O–H groups in total. The predicted molar refractivity (Wildman–Crippen MR) is 72.1 cm³/mol. The molecule has 1 aromatic carbocycles. The number of hydrogen-bond acceptors (Lipinski definition) is 3. The Morgan fingerprint density at radius 1 is 1.32 bits per heavy atom. The standard InChI is InChI=1S/C15H17NO3/c1-9(2)11-4-6-12(7-5-11)15-13(8-14(17)18)10(3)16-19-15/h4-7,9H,8H2,1-3H3,(H,17,18). The van der Waals surface area contributed by atoms with Crippen LogP contribution < -0.4 is 0 Å². The van der Waals surface area contributed by atoms with Gasteiger partial charge in [-0.05, 0) is 18.4 Å². The third-order valence-electron chi connectivity index (χ3n) is 3.15. The summed E-state index contributed by atoms with van der Waals surface area (Å²) in [5, 5.41) is 12.8. The fraction of sp³-hybridized carbons (Fsp3) is 0.333. The van der Waals surface area contributed by atoms with Crippen molar-refractivity contribution >= 4 is 5.97 Å². The summed E-state index contributed by atoms with van der Waals surface area (Å²) >= 11 is 0. The van der Waals surface area contributed by atoms with Crippen molar-refractivity contribution in [1.29, 1.82) is 0 Å². The molecule has 1 heterocycles. The zero-order valence-electron chi connectivity index (χ0n) is 11.3. The number of aryl methyl sites for hydroxylation is 1. The fourth-order valence-electron chi connectivity index (χ4n) is 1.99. The van der Waals surface area contributed by atoms with Crippen LogP contribution in [0.1, 0.15) is 36.6 Å². The number of aliphatic carboxylic acids is 1. The number of aromatic nitrogens is 1. The van der Waals surface area contributed by atoms with Crippen LogP contribution in [-0.4, -0.2) is 16.2 Å². The van der Waals surface area contributed by atoms with Gasteiger partial charge in [-0.25, -0.2) is 0 Å². The summed E-state index contributed by atoms with van der Waals surface area (Å²) in [5.74, 6) is 0.130. The highest BCUT2D eigenvalue weighted by molar-refractivity contribution is 5.75. The van der Waals surface area contributed by atoms with Gasteiger partial charge < -0.3 is 9.63 Å². The summed E-state index contributed by atoms with van der Waals surface area (Å²) in [6.07, 6.45) is -0.0728. The molecule has 4 heteroatoms. The number of rotatable bonds is 4. The van der Waals surface area contributed by atoms with Crippen molar-refractivity contribution < 1.29 is 14.4 Å². The van der Waals surface area contributed by atoms with Gasteiger partial charge in [-0.3, -0.25) is 4.79 Å². The van der Waals surface area contributed by atoms with Crippen LogP contribution in [0.25, 0.3) is 11.3 Å². The number of carbonyl (C=O) groups is 1. The van der Waals surface area contributed by atoms with Crippen molar-refractivity contribution in [2.75, 3.05) is 0 Å². The molecule has 0 aliphatic carbocycles. The first-order chi connectivity index (χ1) is 8.99. The monoisotopic (exact) mass is 259 g/mol. The minimum atomic E-state index is -0.883. The lowest BCUT2D eigenvalue weighted by atomic mass is 9.99. The first-order valence-electron chi connectivity index (χ1n) is 6.26. The van der Waals surface area contributed by atoms with Crippen LogP contribution in [-0.2, 0) is 11.2 Å². The van der Waals surface area contributed by atoms with Crippen molar-refractivity contribution in [3.05, 3.63) is 41.1 Å². The van der Waals surface area contributed by atoms with Crippen molar-refractivity contribution in [2.24, 2.45) is 0 Å². The van der Waals surface area contributed by atoms with E-state index >= 15 is 0 Å². The van der Waals surface area contributed by atoms with Crippen molar-refractivity contribution in [2.45, 2.75) is 33.1 Å². The molecule has 0 amide bonds. The van der Waals surface area contributed by atoms with Gasteiger partial charge in [0.1, 0.15) is 0 Å². The smallest absolute Gasteiger partial charge is 0.308 e. The highest BCUT2D eigenvalue weighted by Gasteiger charge is 2.17. The Balaban J connectivity index is 2.38. The molecule has 0 aliphatic rings. The first kappa shape index (κ1) is 13.3. The Hall–Kier alpha value is -2.10. The first-order valence-corrected chi connectivity index (χ1v) is 6.26. The molecule has 0 aliphatic heterocycles. The van der Waals surface area contributed by atoms with Crippen LogP contribution in [0.2, 0.25) is 0 Å². The van der Waals surface area contributed by atoms with Gasteiger partial charge >= 0.3 is 5.97 Å². The topological polar surface area (TPSA) is 63.3 Å². The van der Waals surface area contributed by atoms with Gasteiger partial charge in [-0.15, -0.1) is 0 Å². The second-order valence-electron chi connectivity index (χ2n) is 4.92. The minimum absolute atomic E-state index is 0.0728. The fourth-order valence-corrected chi connectivity index (χ4v) is 1.99. The predicted octanol–water partition coefficient (Wildman–Crippen LogP) is 3.40. The molecule has 0 saturated carbocycles. The molecule has 0 radical (unpaired) electrons. The minimum Gasteiger partial charge on any atom is -0.481 e. The van der Waals surface area contributed by atoms with E-state index in [0.29, 0.717) is 22.9 Å². The molecule has 0 unspecified atom stereocenters. The average molecular weight is 259 g/mol. The molecule has 0 atom stereocenters. The second kappa shape index (κ2) is 5.26. The highest BCUT2D eigenvalue weighted by Crippen LogP contribution is 2.28. The van der Waals surface area contributed by atoms with Crippen LogP contribution in [0.4, 0.5) is 0 Å². The van der Waals surface area contributed by atoms with E-state index in [-0.39, 0.29) is 6.42 Å². The molecule has 0 saturated heterocycles. The number of carboxylic acid groups (broad SMARTS) is 1. The number of benzene rings is 1. The third-order valence-corrected chi connectivity index (χ3v) is 3.15. The molecule has 0 fully saturated rings. The summed E-state index contributed by atoms with van der Waals surface area (Å²) < 4.78 is 5.27. The summed E-state index contributed by atoms with van der Waals surface area (Å²) in [4.78, 5) is 10.9. The number of carboxylic acids is 1. The zero-order valence-corrected chi connectivity index (χ0v) is 11.3. The Labute approximate surface area is 112 Å². The van der Waals surface area contributed by atoms with E-state index in [1.54, 1.807) is 6.92 Å². The van der Waals surface area contributed by atoms with Crippen LogP contribution >= 0.6 is 0 Å². The van der Waals surface area contributed by atoms with Gasteiger partial charge in [0.25, 0.3) is 0 Å². The van der Waals surface area contributed by atoms with Crippen LogP contribution in [0.3, 0.4) is 0 Å². The van der Waals surface area contributed by atoms with E-state index in [2.05, 4.69) is 19.0 Å². The molecule has 2 aromatic rings. The van der Waals surface area contributed by atoms with E-state index in [1.807, 2.05) is 24.3 Å². The summed E-state index contributed by atoms with van der Waals surface area (Å²) in [6, 6.07) is 7.95. The Morgan fingerprint density at radius 3 is 2.47 bits per heavy atom. The normalized spacial score (nSPS) is 10.9. The van der Waals surface area contributed by atoms with Gasteiger partial charge in [-0.2, -0.15) is 0 Å². The van der Waals surface area contributed by atoms with Gasteiger partial charge in [0, 0.05) is 11.1 Å². The van der Waals surface area contributed by atoms with Crippen LogP contribution in [0.5, 0.6) is 0 Å². The zero-order chi connectivity index (χ0) is 14.0. The maximum Gasteiger partial charge on any atom is 0.308 e. The second-order valence-corrected chi connectivity index (χ2v) is 4.92. The largest absolute Gasteiger partial charge is 0.481 e. The molecule has 2 rings (SSSR count). The lowest BCUT2D eigenvalue weighted by Crippen LogP contribution is -2.01. The highest BCUT2D eigenvalue weighted by atomic mass is 16.5. The Kier molecular flexibility index (Phi) is 3.69. The van der Waals surface area contributed by atoms with Gasteiger partial charge in [-0.1, -0.05) is 43.3 Å². The van der Waals surface area contributed by atoms with Crippen molar-refractivity contribution in [3.8, 4) is 11.3 Å². The summed E-state index contributed by atoms with van der Waals surface area (Å²) in [6.45, 7) is 6.01. The average Bonchev–Trinajstić information content (AvgIpc) is 2.71. The molecule has 19 heavy (non-hydrogen) atoms. The third kappa shape index (κ3) is 2.84. The maximum absolute atomic E-state index is 10.9. The van der Waals surface area contributed by atoms with Gasteiger partial charge in [0.05, 0.1) is 12.1 Å². The molecule has 1 aromatic heterocycles. The number of hydrogen-bond donors (Lipinski definition) is 1. The van der Waals surface area contributed by atoms with E-state index in [1.165, 1.54) is 5.56 Å². The molecular formula is C15H17NO3. The van der Waals surface area contributed by atoms with Crippen molar-refractivity contribution in [3.63, 3.8) is 0 Å². The quantitative estimate of drug-likeness (QED) is 0.914. The number of nitrogens with zero attached hydrogens (tertiary/aromatic N) is 1. The summed E-state index contributed by atoms with van der Waals surface area (Å²) in [5.41, 5.74) is 3.37. The van der Waals surface area contributed by atoms with Gasteiger partial charge in [0.2, 0.25) is 0 Å². The maximum atomic E-state index is 10.9. The lowest BCUT2D eigenvalue weighted by Gasteiger charge is -2.06. The molecular weight excluding hydrogens is 242 g/mol.